The van der Waals surface area contributed by atoms with E-state index in [0.717, 1.165) is 10.6 Å². The number of nitrogens with one attached hydrogen (secondary N) is 6. The molecule has 146 valence electrons. The van der Waals surface area contributed by atoms with E-state index in [1.807, 2.05) is 18.5 Å². The van der Waals surface area contributed by atoms with Crippen LogP contribution in [0.2, 0.25) is 0 Å². The van der Waals surface area contributed by atoms with Gasteiger partial charge in [-0.05, 0) is 17.6 Å². The number of hydrogen-bond donors (Lipinski definition) is 6. The second-order valence-electron chi connectivity index (χ2n) is 5.34. The second kappa shape index (κ2) is 12.4. The van der Waals surface area contributed by atoms with E-state index in [4.69, 9.17) is 21.3 Å². The molecule has 0 aliphatic heterocycles. The van der Waals surface area contributed by atoms with Gasteiger partial charge in [0.1, 0.15) is 0 Å². The van der Waals surface area contributed by atoms with Crippen LogP contribution in [-0.2, 0) is 13.1 Å². The summed E-state index contributed by atoms with van der Waals surface area (Å²) in [5.74, 6) is 0.145. The van der Waals surface area contributed by atoms with E-state index in [-0.39, 0.29) is 11.9 Å². The third-order valence-electron chi connectivity index (χ3n) is 3.49. The summed E-state index contributed by atoms with van der Waals surface area (Å²) >= 11 is 1.41. The minimum Gasteiger partial charge on any atom is -0.359 e. The Morgan fingerprint density at radius 1 is 1.04 bits per heavy atom. The Labute approximate surface area is 163 Å². The van der Waals surface area contributed by atoms with E-state index >= 15 is 0 Å². The lowest BCUT2D eigenvalue weighted by atomic mass is 10.3. The molecule has 1 aromatic rings. The summed E-state index contributed by atoms with van der Waals surface area (Å²) < 4.78 is 4.37. The first-order valence-electron chi connectivity index (χ1n) is 8.28. The molecule has 0 atom stereocenters. The van der Waals surface area contributed by atoms with Gasteiger partial charge in [-0.2, -0.15) is 14.9 Å². The largest absolute Gasteiger partial charge is 0.359 e. The fraction of sp³-hybridized carbons (Fsp3) is 0.533. The molecule has 0 saturated carbocycles. The van der Waals surface area contributed by atoms with Crippen LogP contribution in [0.5, 0.6) is 0 Å². The summed E-state index contributed by atoms with van der Waals surface area (Å²) in [6.45, 7) is 3.19. The quantitative estimate of drug-likeness (QED) is 0.0985. The zero-order valence-electron chi connectivity index (χ0n) is 15.5. The van der Waals surface area contributed by atoms with Crippen molar-refractivity contribution in [3.05, 3.63) is 16.6 Å². The van der Waals surface area contributed by atoms with E-state index < -0.39 is 0 Å². The normalized spacial score (nSPS) is 9.78. The lowest BCUT2D eigenvalue weighted by Gasteiger charge is -2.15. The molecule has 1 heterocycles. The summed E-state index contributed by atoms with van der Waals surface area (Å²) in [5.41, 5.74) is 0.916. The monoisotopic (exact) mass is 391 g/mol. The zero-order valence-corrected chi connectivity index (χ0v) is 16.3. The third kappa shape index (κ3) is 7.87. The van der Waals surface area contributed by atoms with Crippen molar-refractivity contribution in [2.75, 3.05) is 40.3 Å². The molecule has 11 nitrogen and oxygen atoms in total. The molecule has 1 rings (SSSR count). The molecule has 0 aromatic carbocycles. The smallest absolute Gasteiger partial charge is 0.204 e. The number of rotatable bonds is 10. The van der Waals surface area contributed by atoms with Crippen LogP contribution < -0.4 is 21.3 Å². The molecular formula is C15H25N11S. The average Bonchev–Trinajstić information content (AvgIpc) is 3.14. The van der Waals surface area contributed by atoms with Gasteiger partial charge in [-0.3, -0.25) is 10.8 Å². The van der Waals surface area contributed by atoms with Crippen molar-refractivity contribution in [1.82, 2.24) is 35.4 Å². The van der Waals surface area contributed by atoms with Gasteiger partial charge in [-0.15, -0.1) is 0 Å². The number of nitrogens with zero attached hydrogens (tertiary/aromatic N) is 5. The highest BCUT2D eigenvalue weighted by Crippen LogP contribution is 2.09. The average molecular weight is 392 g/mol. The first-order chi connectivity index (χ1) is 13.0. The van der Waals surface area contributed by atoms with Gasteiger partial charge in [0.15, 0.2) is 12.4 Å². The van der Waals surface area contributed by atoms with Crippen molar-refractivity contribution in [3.8, 4) is 12.4 Å². The van der Waals surface area contributed by atoms with Crippen molar-refractivity contribution in [2.24, 2.45) is 0 Å². The van der Waals surface area contributed by atoms with Crippen LogP contribution >= 0.6 is 11.5 Å². The number of guanidine groups is 2. The highest BCUT2D eigenvalue weighted by Gasteiger charge is 2.08. The molecular weight excluding hydrogens is 366 g/mol. The van der Waals surface area contributed by atoms with Crippen LogP contribution in [0.3, 0.4) is 0 Å². The zero-order chi connectivity index (χ0) is 20.1. The lowest BCUT2D eigenvalue weighted by molar-refractivity contribution is 0.515. The maximum atomic E-state index is 8.96. The van der Waals surface area contributed by atoms with Crippen molar-refractivity contribution in [1.29, 1.82) is 21.3 Å². The van der Waals surface area contributed by atoms with Gasteiger partial charge in [0.2, 0.25) is 11.9 Å². The van der Waals surface area contributed by atoms with Crippen LogP contribution in [0.4, 0.5) is 0 Å². The van der Waals surface area contributed by atoms with E-state index in [2.05, 4.69) is 25.6 Å². The summed E-state index contributed by atoms with van der Waals surface area (Å²) in [6, 6.07) is 2.00. The first kappa shape index (κ1) is 22.1. The molecule has 0 bridgehead atoms. The summed E-state index contributed by atoms with van der Waals surface area (Å²) in [5, 5.41) is 44.7. The Morgan fingerprint density at radius 3 is 2.04 bits per heavy atom. The molecule has 0 aliphatic carbocycles. The highest BCUT2D eigenvalue weighted by atomic mass is 32.1. The molecule has 0 radical (unpaired) electrons. The minimum absolute atomic E-state index is 0.0705. The van der Waals surface area contributed by atoms with Crippen molar-refractivity contribution >= 4 is 23.5 Å². The summed E-state index contributed by atoms with van der Waals surface area (Å²) in [7, 11) is 3.21. The molecule has 0 fully saturated rings. The van der Waals surface area contributed by atoms with Gasteiger partial charge >= 0.3 is 0 Å². The summed E-state index contributed by atoms with van der Waals surface area (Å²) in [4.78, 5) is 3.62. The van der Waals surface area contributed by atoms with Gasteiger partial charge in [-0.25, -0.2) is 9.80 Å². The number of hydrogen-bond acceptors (Lipinski definition) is 8. The van der Waals surface area contributed by atoms with Crippen molar-refractivity contribution in [3.63, 3.8) is 0 Å². The maximum Gasteiger partial charge on any atom is 0.204 e. The second-order valence-corrected chi connectivity index (χ2v) is 6.23. The number of nitriles is 2. The SMILES string of the molecule is CNC(=N)N(C#N)CCNCc1cc(CNCCN(C#N)C(=N)NC)sn1. The first-order valence-corrected chi connectivity index (χ1v) is 9.06. The van der Waals surface area contributed by atoms with Crippen LogP contribution in [0.25, 0.3) is 0 Å². The van der Waals surface area contributed by atoms with Crippen LogP contribution in [-0.4, -0.2) is 66.4 Å². The van der Waals surface area contributed by atoms with E-state index in [1.54, 1.807) is 14.1 Å². The molecule has 27 heavy (non-hydrogen) atoms. The Balaban J connectivity index is 2.26. The molecule has 0 amide bonds. The number of aromatic nitrogens is 1. The summed E-state index contributed by atoms with van der Waals surface area (Å²) in [6.07, 6.45) is 3.91. The van der Waals surface area contributed by atoms with Gasteiger partial charge in [0, 0.05) is 58.2 Å². The molecule has 0 saturated heterocycles. The van der Waals surface area contributed by atoms with Crippen LogP contribution in [0.1, 0.15) is 10.6 Å². The van der Waals surface area contributed by atoms with Gasteiger partial charge < -0.3 is 21.3 Å². The standard InChI is InChI=1S/C15H25N11S/c1-20-14(18)25(10-16)5-3-22-8-12-7-13(27-24-12)9-23-4-6-26(11-17)15(19)21-2/h7,22-23H,3-6,8-9H2,1-2H3,(H2,18,20)(H2,19,21). The topological polar surface area (TPSA) is 163 Å². The van der Waals surface area contributed by atoms with Crippen molar-refractivity contribution < 1.29 is 0 Å². The van der Waals surface area contributed by atoms with E-state index in [9.17, 15) is 0 Å². The Kier molecular flexibility index (Phi) is 10.2. The Bertz CT molecular complexity index is 630. The lowest BCUT2D eigenvalue weighted by Crippen LogP contribution is -2.39. The Morgan fingerprint density at radius 2 is 1.56 bits per heavy atom. The third-order valence-corrected chi connectivity index (χ3v) is 4.31. The minimum atomic E-state index is 0.0705. The van der Waals surface area contributed by atoms with Crippen LogP contribution in [0, 0.1) is 33.7 Å². The fourth-order valence-corrected chi connectivity index (χ4v) is 2.73. The molecule has 0 spiro atoms. The molecule has 6 N–H and O–H groups in total. The molecule has 1 aromatic heterocycles. The van der Waals surface area contributed by atoms with Gasteiger partial charge in [-0.1, -0.05) is 0 Å². The predicted molar refractivity (Wildman–Crippen MR) is 104 cm³/mol. The molecule has 0 unspecified atom stereocenters. The van der Waals surface area contributed by atoms with E-state index in [0.29, 0.717) is 39.3 Å². The van der Waals surface area contributed by atoms with Gasteiger partial charge in [0.25, 0.3) is 0 Å². The fourth-order valence-electron chi connectivity index (χ4n) is 2.03. The van der Waals surface area contributed by atoms with E-state index in [1.165, 1.54) is 21.3 Å². The predicted octanol–water partition coefficient (Wildman–Crippen LogP) is -0.803. The van der Waals surface area contributed by atoms with Gasteiger partial charge in [0.05, 0.1) is 5.69 Å². The highest BCUT2D eigenvalue weighted by molar-refractivity contribution is 7.05. The Hall–Kier alpha value is -2.93. The maximum absolute atomic E-state index is 8.96. The molecule has 12 heteroatoms. The van der Waals surface area contributed by atoms with Crippen LogP contribution in [0.15, 0.2) is 6.07 Å². The van der Waals surface area contributed by atoms with Crippen molar-refractivity contribution in [2.45, 2.75) is 13.1 Å². The molecule has 0 aliphatic rings.